The molecule has 0 heterocycles. The zero-order valence-electron chi connectivity index (χ0n) is 10.2. The lowest BCUT2D eigenvalue weighted by Crippen LogP contribution is -1.99. The van der Waals surface area contributed by atoms with E-state index in [1.54, 1.807) is 12.1 Å². The first-order valence-electron chi connectivity index (χ1n) is 5.64. The molecule has 5 heteroatoms. The van der Waals surface area contributed by atoms with Crippen molar-refractivity contribution < 1.29 is 5.11 Å². The zero-order valence-corrected chi connectivity index (χ0v) is 13.3. The highest BCUT2D eigenvalue weighted by molar-refractivity contribution is 9.10. The predicted octanol–water partition coefficient (Wildman–Crippen LogP) is 5.38. The van der Waals surface area contributed by atoms with Crippen LogP contribution in [0.1, 0.15) is 11.1 Å². The number of anilines is 1. The number of nitrogens with one attached hydrogen (secondary N) is 1. The molecular weight excluding hydrogens is 349 g/mol. The number of hydrogen-bond donors (Lipinski definition) is 2. The Bertz CT molecular complexity index is 593. The largest absolute Gasteiger partial charge is 0.505 e. The molecule has 0 bridgehead atoms. The number of aromatic hydroxyl groups is 1. The highest BCUT2D eigenvalue weighted by Gasteiger charge is 2.06. The molecule has 19 heavy (non-hydrogen) atoms. The SMILES string of the molecule is Cc1cc(CNc2cc(Cl)c(O)c(Cl)c2)ccc1Br. The van der Waals surface area contributed by atoms with Crippen LogP contribution in [-0.4, -0.2) is 5.11 Å². The molecule has 0 aliphatic carbocycles. The molecule has 0 saturated carbocycles. The molecule has 2 N–H and O–H groups in total. The Labute approximate surface area is 130 Å². The number of aryl methyl sites for hydroxylation is 1. The van der Waals surface area contributed by atoms with Crippen LogP contribution in [0, 0.1) is 6.92 Å². The molecule has 0 fully saturated rings. The standard InChI is InChI=1S/C14H12BrCl2NO/c1-8-4-9(2-3-11(8)15)7-18-10-5-12(16)14(19)13(17)6-10/h2-6,18-19H,7H2,1H3. The fourth-order valence-corrected chi connectivity index (χ4v) is 2.42. The summed E-state index contributed by atoms with van der Waals surface area (Å²) in [6.07, 6.45) is 0. The normalized spacial score (nSPS) is 10.5. The fraction of sp³-hybridized carbons (Fsp3) is 0.143. The lowest BCUT2D eigenvalue weighted by Gasteiger charge is -2.10. The minimum atomic E-state index is -0.0895. The monoisotopic (exact) mass is 359 g/mol. The summed E-state index contributed by atoms with van der Waals surface area (Å²) in [6.45, 7) is 2.70. The number of rotatable bonds is 3. The van der Waals surface area contributed by atoms with Gasteiger partial charge in [0, 0.05) is 16.7 Å². The molecule has 0 aliphatic heterocycles. The number of phenols is 1. The van der Waals surface area contributed by atoms with E-state index < -0.39 is 0 Å². The molecule has 0 aliphatic rings. The number of phenolic OH excluding ortho intramolecular Hbond substituents is 1. The van der Waals surface area contributed by atoms with E-state index in [1.807, 2.05) is 19.1 Å². The van der Waals surface area contributed by atoms with Crippen LogP contribution in [-0.2, 0) is 6.54 Å². The first-order valence-corrected chi connectivity index (χ1v) is 7.19. The first-order chi connectivity index (χ1) is 8.97. The van der Waals surface area contributed by atoms with Gasteiger partial charge in [-0.3, -0.25) is 0 Å². The van der Waals surface area contributed by atoms with Gasteiger partial charge in [0.1, 0.15) is 0 Å². The van der Waals surface area contributed by atoms with Gasteiger partial charge in [-0.05, 0) is 36.2 Å². The number of halogens is 3. The van der Waals surface area contributed by atoms with Crippen molar-refractivity contribution in [2.45, 2.75) is 13.5 Å². The Morgan fingerprint density at radius 2 is 1.79 bits per heavy atom. The first kappa shape index (κ1) is 14.5. The van der Waals surface area contributed by atoms with E-state index in [9.17, 15) is 5.11 Å². The third-order valence-electron chi connectivity index (χ3n) is 2.74. The van der Waals surface area contributed by atoms with Gasteiger partial charge < -0.3 is 10.4 Å². The van der Waals surface area contributed by atoms with Crippen molar-refractivity contribution in [3.05, 3.63) is 56.0 Å². The van der Waals surface area contributed by atoms with Gasteiger partial charge in [0.05, 0.1) is 10.0 Å². The van der Waals surface area contributed by atoms with Gasteiger partial charge in [0.15, 0.2) is 5.75 Å². The van der Waals surface area contributed by atoms with Gasteiger partial charge >= 0.3 is 0 Å². The summed E-state index contributed by atoms with van der Waals surface area (Å²) >= 11 is 15.2. The Morgan fingerprint density at radius 3 is 2.37 bits per heavy atom. The topological polar surface area (TPSA) is 32.3 Å². The van der Waals surface area contributed by atoms with Crippen LogP contribution in [0.15, 0.2) is 34.8 Å². The zero-order chi connectivity index (χ0) is 14.0. The van der Waals surface area contributed by atoms with Crippen molar-refractivity contribution in [2.24, 2.45) is 0 Å². The summed E-state index contributed by atoms with van der Waals surface area (Å²) in [5, 5.41) is 13.2. The van der Waals surface area contributed by atoms with E-state index >= 15 is 0 Å². The van der Waals surface area contributed by atoms with Crippen LogP contribution in [0.4, 0.5) is 5.69 Å². The van der Waals surface area contributed by atoms with Gasteiger partial charge in [0.2, 0.25) is 0 Å². The Kier molecular flexibility index (Phi) is 4.61. The van der Waals surface area contributed by atoms with Crippen molar-refractivity contribution in [3.63, 3.8) is 0 Å². The third-order valence-corrected chi connectivity index (χ3v) is 4.20. The van der Waals surface area contributed by atoms with Crippen LogP contribution in [0.3, 0.4) is 0 Å². The second kappa shape index (κ2) is 6.04. The maximum absolute atomic E-state index is 9.49. The predicted molar refractivity (Wildman–Crippen MR) is 84.3 cm³/mol. The van der Waals surface area contributed by atoms with Crippen molar-refractivity contribution >= 4 is 44.8 Å². The molecule has 0 amide bonds. The lowest BCUT2D eigenvalue weighted by molar-refractivity contribution is 0.476. The van der Waals surface area contributed by atoms with Gasteiger partial charge in [-0.25, -0.2) is 0 Å². The summed E-state index contributed by atoms with van der Waals surface area (Å²) in [5.41, 5.74) is 3.11. The Hall–Kier alpha value is -0.900. The highest BCUT2D eigenvalue weighted by Crippen LogP contribution is 2.34. The average molecular weight is 361 g/mol. The van der Waals surface area contributed by atoms with Crippen molar-refractivity contribution in [3.8, 4) is 5.75 Å². The molecule has 0 atom stereocenters. The third kappa shape index (κ3) is 3.56. The molecule has 2 aromatic rings. The molecule has 0 saturated heterocycles. The summed E-state index contributed by atoms with van der Waals surface area (Å²) < 4.78 is 1.09. The van der Waals surface area contributed by atoms with Crippen LogP contribution in [0.25, 0.3) is 0 Å². The molecule has 0 unspecified atom stereocenters. The van der Waals surface area contributed by atoms with Crippen LogP contribution >= 0.6 is 39.1 Å². The Balaban J connectivity index is 2.12. The maximum Gasteiger partial charge on any atom is 0.152 e. The smallest absolute Gasteiger partial charge is 0.152 e. The van der Waals surface area contributed by atoms with Gasteiger partial charge in [-0.2, -0.15) is 0 Å². The summed E-state index contributed by atoms with van der Waals surface area (Å²) in [7, 11) is 0. The molecule has 0 radical (unpaired) electrons. The summed E-state index contributed by atoms with van der Waals surface area (Å²) in [4.78, 5) is 0. The van der Waals surface area contributed by atoms with E-state index in [0.29, 0.717) is 6.54 Å². The lowest BCUT2D eigenvalue weighted by atomic mass is 10.1. The minimum Gasteiger partial charge on any atom is -0.505 e. The molecule has 2 nitrogen and oxygen atoms in total. The molecule has 2 aromatic carbocycles. The van der Waals surface area contributed by atoms with Crippen molar-refractivity contribution in [1.82, 2.24) is 0 Å². The highest BCUT2D eigenvalue weighted by atomic mass is 79.9. The number of benzene rings is 2. The molecular formula is C14H12BrCl2NO. The van der Waals surface area contributed by atoms with E-state index in [4.69, 9.17) is 23.2 Å². The van der Waals surface area contributed by atoms with Gasteiger partial charge in [-0.15, -0.1) is 0 Å². The minimum absolute atomic E-state index is 0.0895. The van der Waals surface area contributed by atoms with E-state index in [1.165, 1.54) is 5.56 Å². The van der Waals surface area contributed by atoms with E-state index in [2.05, 4.69) is 27.3 Å². The summed E-state index contributed by atoms with van der Waals surface area (Å²) in [5.74, 6) is -0.0895. The Morgan fingerprint density at radius 1 is 1.16 bits per heavy atom. The van der Waals surface area contributed by atoms with Crippen LogP contribution in [0.2, 0.25) is 10.0 Å². The van der Waals surface area contributed by atoms with Crippen LogP contribution in [0.5, 0.6) is 5.75 Å². The fourth-order valence-electron chi connectivity index (χ4n) is 1.69. The van der Waals surface area contributed by atoms with E-state index in [-0.39, 0.29) is 15.8 Å². The summed E-state index contributed by atoms with van der Waals surface area (Å²) in [6, 6.07) is 9.44. The molecule has 0 aromatic heterocycles. The van der Waals surface area contributed by atoms with Crippen LogP contribution < -0.4 is 5.32 Å². The average Bonchev–Trinajstić information content (AvgIpc) is 2.37. The molecule has 100 valence electrons. The van der Waals surface area contributed by atoms with E-state index in [0.717, 1.165) is 15.7 Å². The number of hydrogen-bond acceptors (Lipinski definition) is 2. The van der Waals surface area contributed by atoms with Gasteiger partial charge in [0.25, 0.3) is 0 Å². The second-order valence-corrected chi connectivity index (χ2v) is 5.89. The second-order valence-electron chi connectivity index (χ2n) is 4.23. The molecule has 2 rings (SSSR count). The van der Waals surface area contributed by atoms with Crippen molar-refractivity contribution in [2.75, 3.05) is 5.32 Å². The maximum atomic E-state index is 9.49. The quantitative estimate of drug-likeness (QED) is 0.720. The van der Waals surface area contributed by atoms with Crippen molar-refractivity contribution in [1.29, 1.82) is 0 Å². The molecule has 0 spiro atoms. The van der Waals surface area contributed by atoms with Gasteiger partial charge in [-0.1, -0.05) is 51.3 Å².